The molecule has 1 unspecified atom stereocenters. The van der Waals surface area contributed by atoms with Gasteiger partial charge in [0.05, 0.1) is 17.7 Å². The van der Waals surface area contributed by atoms with Gasteiger partial charge in [-0.25, -0.2) is 4.98 Å². The zero-order chi connectivity index (χ0) is 13.5. The first-order valence-electron chi connectivity index (χ1n) is 6.70. The predicted octanol–water partition coefficient (Wildman–Crippen LogP) is 3.03. The van der Waals surface area contributed by atoms with Gasteiger partial charge in [-0.05, 0) is 23.8 Å². The van der Waals surface area contributed by atoms with Crippen LogP contribution in [-0.4, -0.2) is 29.7 Å². The maximum atomic E-state index is 6.05. The van der Waals surface area contributed by atoms with Crippen LogP contribution in [0.4, 0.5) is 0 Å². The number of halogens is 1. The Labute approximate surface area is 121 Å². The van der Waals surface area contributed by atoms with E-state index in [4.69, 9.17) is 16.3 Å². The number of benzene rings is 1. The van der Waals surface area contributed by atoms with E-state index in [9.17, 15) is 0 Å². The fourth-order valence-electron chi connectivity index (χ4n) is 2.75. The molecule has 0 radical (unpaired) electrons. The number of morpholine rings is 1. The highest BCUT2D eigenvalue weighted by molar-refractivity contribution is 6.31. The number of ether oxygens (including phenoxy) is 1. The van der Waals surface area contributed by atoms with Crippen LogP contribution in [-0.2, 0) is 4.74 Å². The monoisotopic (exact) mass is 287 g/mol. The number of pyridine rings is 1. The van der Waals surface area contributed by atoms with Crippen molar-refractivity contribution in [2.75, 3.05) is 19.7 Å². The number of nitrogens with zero attached hydrogens (tertiary/aromatic N) is 1. The van der Waals surface area contributed by atoms with Gasteiger partial charge in [0.15, 0.2) is 0 Å². The number of nitrogens with one attached hydrogen (secondary N) is 2. The molecule has 1 aromatic carbocycles. The van der Waals surface area contributed by atoms with Crippen LogP contribution in [0.2, 0.25) is 5.02 Å². The first-order valence-corrected chi connectivity index (χ1v) is 7.08. The minimum Gasteiger partial charge on any atom is -0.371 e. The maximum absolute atomic E-state index is 6.05. The Bertz CT molecular complexity index is 777. The molecule has 4 rings (SSSR count). The van der Waals surface area contributed by atoms with Crippen LogP contribution >= 0.6 is 11.6 Å². The molecule has 0 saturated carbocycles. The van der Waals surface area contributed by atoms with E-state index in [1.165, 1.54) is 5.56 Å². The number of fused-ring (bicyclic) bond motifs is 3. The topological polar surface area (TPSA) is 49.9 Å². The molecule has 1 saturated heterocycles. The molecular weight excluding hydrogens is 274 g/mol. The lowest BCUT2D eigenvalue weighted by Gasteiger charge is -2.24. The van der Waals surface area contributed by atoms with Gasteiger partial charge in [0.2, 0.25) is 0 Å². The van der Waals surface area contributed by atoms with Crippen molar-refractivity contribution in [2.45, 2.75) is 6.10 Å². The van der Waals surface area contributed by atoms with Gasteiger partial charge in [0.1, 0.15) is 5.65 Å². The Morgan fingerprint density at radius 3 is 3.05 bits per heavy atom. The third-order valence-electron chi connectivity index (χ3n) is 3.74. The van der Waals surface area contributed by atoms with E-state index in [0.717, 1.165) is 41.6 Å². The number of aromatic amines is 1. The molecule has 2 aromatic heterocycles. The average molecular weight is 288 g/mol. The molecular formula is C15H14ClN3O. The van der Waals surface area contributed by atoms with Gasteiger partial charge in [-0.1, -0.05) is 17.7 Å². The summed E-state index contributed by atoms with van der Waals surface area (Å²) < 4.78 is 5.81. The van der Waals surface area contributed by atoms with Crippen molar-refractivity contribution >= 4 is 33.5 Å². The highest BCUT2D eigenvalue weighted by Crippen LogP contribution is 2.29. The number of aromatic nitrogens is 2. The molecule has 0 aliphatic carbocycles. The van der Waals surface area contributed by atoms with E-state index >= 15 is 0 Å². The molecule has 0 spiro atoms. The van der Waals surface area contributed by atoms with Crippen molar-refractivity contribution in [3.05, 3.63) is 41.0 Å². The summed E-state index contributed by atoms with van der Waals surface area (Å²) >= 11 is 6.05. The van der Waals surface area contributed by atoms with Crippen molar-refractivity contribution in [3.8, 4) is 0 Å². The first-order chi connectivity index (χ1) is 9.81. The minimum atomic E-state index is 0.116. The van der Waals surface area contributed by atoms with Gasteiger partial charge < -0.3 is 15.0 Å². The molecule has 102 valence electrons. The summed E-state index contributed by atoms with van der Waals surface area (Å²) in [7, 11) is 0. The summed E-state index contributed by atoms with van der Waals surface area (Å²) in [5.74, 6) is 0. The molecule has 3 aromatic rings. The zero-order valence-corrected chi connectivity index (χ0v) is 11.6. The molecule has 2 N–H and O–H groups in total. The molecule has 1 aliphatic heterocycles. The van der Waals surface area contributed by atoms with Gasteiger partial charge in [0, 0.05) is 35.6 Å². The van der Waals surface area contributed by atoms with E-state index in [1.54, 1.807) is 6.20 Å². The largest absolute Gasteiger partial charge is 0.371 e. The van der Waals surface area contributed by atoms with Crippen molar-refractivity contribution in [3.63, 3.8) is 0 Å². The van der Waals surface area contributed by atoms with Crippen LogP contribution < -0.4 is 5.32 Å². The lowest BCUT2D eigenvalue weighted by molar-refractivity contribution is 0.0278. The van der Waals surface area contributed by atoms with Crippen molar-refractivity contribution in [2.24, 2.45) is 0 Å². The van der Waals surface area contributed by atoms with Gasteiger partial charge >= 0.3 is 0 Å². The summed E-state index contributed by atoms with van der Waals surface area (Å²) in [5, 5.41) is 6.20. The van der Waals surface area contributed by atoms with Gasteiger partial charge in [-0.15, -0.1) is 0 Å². The van der Waals surface area contributed by atoms with Crippen LogP contribution in [0.15, 0.2) is 30.5 Å². The maximum Gasteiger partial charge on any atom is 0.138 e. The normalized spacial score (nSPS) is 19.8. The van der Waals surface area contributed by atoms with E-state index < -0.39 is 0 Å². The molecule has 1 atom stereocenters. The van der Waals surface area contributed by atoms with Crippen molar-refractivity contribution in [1.29, 1.82) is 0 Å². The summed E-state index contributed by atoms with van der Waals surface area (Å²) in [4.78, 5) is 7.64. The van der Waals surface area contributed by atoms with E-state index in [-0.39, 0.29) is 6.10 Å². The third kappa shape index (κ3) is 1.97. The Kier molecular flexibility index (Phi) is 2.88. The Hall–Kier alpha value is -1.62. The zero-order valence-electron chi connectivity index (χ0n) is 10.8. The smallest absolute Gasteiger partial charge is 0.138 e. The minimum absolute atomic E-state index is 0.116. The van der Waals surface area contributed by atoms with E-state index in [2.05, 4.69) is 33.5 Å². The van der Waals surface area contributed by atoms with Crippen molar-refractivity contribution < 1.29 is 4.74 Å². The Morgan fingerprint density at radius 1 is 1.25 bits per heavy atom. The number of hydrogen-bond donors (Lipinski definition) is 2. The molecule has 0 amide bonds. The first kappa shape index (κ1) is 12.1. The second kappa shape index (κ2) is 4.74. The molecule has 1 aliphatic rings. The van der Waals surface area contributed by atoms with Gasteiger partial charge in [0.25, 0.3) is 0 Å². The molecule has 5 heteroatoms. The highest BCUT2D eigenvalue weighted by Gasteiger charge is 2.17. The van der Waals surface area contributed by atoms with Crippen LogP contribution in [0, 0.1) is 0 Å². The standard InChI is InChI=1S/C15H14ClN3O/c16-10-6-12-11-5-9(14-8-17-3-4-20-14)1-2-13(11)19-15(12)18-7-10/h1-2,5-7,14,17H,3-4,8H2,(H,18,19). The molecule has 0 bridgehead atoms. The fourth-order valence-corrected chi connectivity index (χ4v) is 2.90. The third-order valence-corrected chi connectivity index (χ3v) is 3.95. The second-order valence-corrected chi connectivity index (χ2v) is 5.48. The van der Waals surface area contributed by atoms with Crippen molar-refractivity contribution in [1.82, 2.24) is 15.3 Å². The molecule has 3 heterocycles. The van der Waals surface area contributed by atoms with E-state index in [1.807, 2.05) is 6.07 Å². The summed E-state index contributed by atoms with van der Waals surface area (Å²) in [6.07, 6.45) is 1.78. The second-order valence-electron chi connectivity index (χ2n) is 5.04. The summed E-state index contributed by atoms with van der Waals surface area (Å²) in [6.45, 7) is 2.53. The molecule has 4 nitrogen and oxygen atoms in total. The number of hydrogen-bond acceptors (Lipinski definition) is 3. The fraction of sp³-hybridized carbons (Fsp3) is 0.267. The Balaban J connectivity index is 1.88. The Morgan fingerprint density at radius 2 is 2.20 bits per heavy atom. The average Bonchev–Trinajstić information content (AvgIpc) is 2.85. The summed E-state index contributed by atoms with van der Waals surface area (Å²) in [6, 6.07) is 8.31. The van der Waals surface area contributed by atoms with Gasteiger partial charge in [-0.2, -0.15) is 0 Å². The van der Waals surface area contributed by atoms with Crippen LogP contribution in [0.3, 0.4) is 0 Å². The van der Waals surface area contributed by atoms with Crippen LogP contribution in [0.5, 0.6) is 0 Å². The lowest BCUT2D eigenvalue weighted by atomic mass is 10.0. The molecule has 1 fully saturated rings. The lowest BCUT2D eigenvalue weighted by Crippen LogP contribution is -2.33. The van der Waals surface area contributed by atoms with Gasteiger partial charge in [-0.3, -0.25) is 0 Å². The molecule has 20 heavy (non-hydrogen) atoms. The van der Waals surface area contributed by atoms with Crippen LogP contribution in [0.25, 0.3) is 21.9 Å². The highest BCUT2D eigenvalue weighted by atomic mass is 35.5. The predicted molar refractivity (Wildman–Crippen MR) is 80.2 cm³/mol. The quantitative estimate of drug-likeness (QED) is 0.723. The van der Waals surface area contributed by atoms with Crippen LogP contribution in [0.1, 0.15) is 11.7 Å². The van der Waals surface area contributed by atoms with E-state index in [0.29, 0.717) is 5.02 Å². The number of rotatable bonds is 1. The number of H-pyrrole nitrogens is 1. The SMILES string of the molecule is Clc1cnc2[nH]c3ccc(C4CNCCO4)cc3c2c1. The summed E-state index contributed by atoms with van der Waals surface area (Å²) in [5.41, 5.74) is 3.12.